The molecule has 0 spiro atoms. The van der Waals surface area contributed by atoms with Crippen LogP contribution in [-0.2, 0) is 0 Å². The van der Waals surface area contributed by atoms with Crippen LogP contribution in [0, 0.1) is 20.8 Å². The molecule has 1 aliphatic rings. The van der Waals surface area contributed by atoms with Crippen LogP contribution >= 0.6 is 0 Å². The van der Waals surface area contributed by atoms with E-state index in [0.29, 0.717) is 11.8 Å². The van der Waals surface area contributed by atoms with E-state index in [1.165, 1.54) is 0 Å². The van der Waals surface area contributed by atoms with Gasteiger partial charge in [-0.05, 0) is 39.3 Å². The normalized spacial score (nSPS) is 15.8. The SMILES string of the molecule is Cc1cc(Nc2cc(C)[nH]n2)nc(N2CC[C@H]2c2cc(-c3cccnc3C)no2)n1. The molecule has 1 saturated heterocycles. The summed E-state index contributed by atoms with van der Waals surface area (Å²) in [5.41, 5.74) is 4.56. The van der Waals surface area contributed by atoms with E-state index >= 15 is 0 Å². The molecule has 0 amide bonds. The molecule has 4 aromatic heterocycles. The van der Waals surface area contributed by atoms with Crippen molar-refractivity contribution in [2.45, 2.75) is 33.2 Å². The van der Waals surface area contributed by atoms with E-state index in [4.69, 9.17) is 9.51 Å². The number of rotatable bonds is 5. The van der Waals surface area contributed by atoms with Crippen molar-refractivity contribution < 1.29 is 4.52 Å². The van der Waals surface area contributed by atoms with Crippen LogP contribution in [0.3, 0.4) is 0 Å². The summed E-state index contributed by atoms with van der Waals surface area (Å²) in [6.45, 7) is 6.74. The molecule has 2 N–H and O–H groups in total. The second kappa shape index (κ2) is 7.25. The number of hydrogen-bond acceptors (Lipinski definition) is 8. The summed E-state index contributed by atoms with van der Waals surface area (Å²) in [5.74, 6) is 2.90. The molecule has 152 valence electrons. The molecule has 0 radical (unpaired) electrons. The average molecular weight is 402 g/mol. The van der Waals surface area contributed by atoms with Gasteiger partial charge in [0.2, 0.25) is 5.95 Å². The second-order valence-corrected chi connectivity index (χ2v) is 7.50. The van der Waals surface area contributed by atoms with Crippen LogP contribution in [0.1, 0.15) is 35.3 Å². The van der Waals surface area contributed by atoms with Crippen molar-refractivity contribution in [2.75, 3.05) is 16.8 Å². The fourth-order valence-electron chi connectivity index (χ4n) is 3.61. The highest BCUT2D eigenvalue weighted by Gasteiger charge is 2.35. The summed E-state index contributed by atoms with van der Waals surface area (Å²) in [5, 5.41) is 14.6. The Morgan fingerprint density at radius 2 is 2.03 bits per heavy atom. The highest BCUT2D eigenvalue weighted by Crippen LogP contribution is 2.38. The third-order valence-electron chi connectivity index (χ3n) is 5.22. The highest BCUT2D eigenvalue weighted by atomic mass is 16.5. The molecule has 1 atom stereocenters. The lowest BCUT2D eigenvalue weighted by molar-refractivity contribution is 0.315. The molecule has 0 saturated carbocycles. The van der Waals surface area contributed by atoms with Gasteiger partial charge in [-0.2, -0.15) is 10.1 Å². The zero-order chi connectivity index (χ0) is 20.7. The van der Waals surface area contributed by atoms with E-state index in [1.807, 2.05) is 51.1 Å². The Balaban J connectivity index is 1.39. The van der Waals surface area contributed by atoms with Crippen molar-refractivity contribution in [3.05, 3.63) is 59.4 Å². The number of aryl methyl sites for hydroxylation is 3. The molecule has 5 rings (SSSR count). The Kier molecular flexibility index (Phi) is 4.42. The highest BCUT2D eigenvalue weighted by molar-refractivity contribution is 5.62. The van der Waals surface area contributed by atoms with E-state index in [0.717, 1.165) is 52.9 Å². The second-order valence-electron chi connectivity index (χ2n) is 7.50. The number of nitrogens with one attached hydrogen (secondary N) is 2. The van der Waals surface area contributed by atoms with Gasteiger partial charge in [-0.3, -0.25) is 10.1 Å². The smallest absolute Gasteiger partial charge is 0.228 e. The number of pyridine rings is 1. The van der Waals surface area contributed by atoms with Gasteiger partial charge in [0.1, 0.15) is 11.5 Å². The predicted octanol–water partition coefficient (Wildman–Crippen LogP) is 3.87. The first-order valence-corrected chi connectivity index (χ1v) is 9.87. The molecule has 1 aliphatic heterocycles. The monoisotopic (exact) mass is 402 g/mol. The molecule has 5 heterocycles. The van der Waals surface area contributed by atoms with Crippen molar-refractivity contribution in [3.63, 3.8) is 0 Å². The number of anilines is 3. The summed E-state index contributed by atoms with van der Waals surface area (Å²) in [6.07, 6.45) is 2.73. The Labute approximate surface area is 173 Å². The lowest BCUT2D eigenvalue weighted by Gasteiger charge is -2.39. The van der Waals surface area contributed by atoms with Gasteiger partial charge < -0.3 is 14.7 Å². The minimum Gasteiger partial charge on any atom is -0.359 e. The van der Waals surface area contributed by atoms with E-state index in [-0.39, 0.29) is 6.04 Å². The third-order valence-corrected chi connectivity index (χ3v) is 5.22. The van der Waals surface area contributed by atoms with E-state index in [9.17, 15) is 0 Å². The van der Waals surface area contributed by atoms with Crippen molar-refractivity contribution >= 4 is 17.6 Å². The lowest BCUT2D eigenvalue weighted by atomic mass is 10.00. The molecule has 4 aromatic rings. The van der Waals surface area contributed by atoms with E-state index in [2.05, 4.69) is 35.5 Å². The van der Waals surface area contributed by atoms with E-state index in [1.54, 1.807) is 6.20 Å². The molecular formula is C21H22N8O. The fraction of sp³-hybridized carbons (Fsp3) is 0.286. The maximum Gasteiger partial charge on any atom is 0.228 e. The average Bonchev–Trinajstić information content (AvgIpc) is 3.30. The standard InChI is InChI=1S/C21H22N8O/c1-12-9-19(24-20-10-13(2)26-27-20)25-21(23-12)29-8-6-17(29)18-11-16(28-30-18)15-5-4-7-22-14(15)3/h4-5,7,9-11,17H,6,8H2,1-3H3,(H2,23,24,25,26,27)/t17-/m0/s1. The van der Waals surface area contributed by atoms with Gasteiger partial charge >= 0.3 is 0 Å². The number of hydrogen-bond donors (Lipinski definition) is 2. The van der Waals surface area contributed by atoms with Crippen LogP contribution in [0.15, 0.2) is 41.1 Å². The molecule has 9 nitrogen and oxygen atoms in total. The number of nitrogens with zero attached hydrogens (tertiary/aromatic N) is 6. The molecular weight excluding hydrogens is 380 g/mol. The summed E-state index contributed by atoms with van der Waals surface area (Å²) in [4.78, 5) is 15.8. The molecule has 0 aromatic carbocycles. The molecule has 9 heteroatoms. The predicted molar refractivity (Wildman–Crippen MR) is 113 cm³/mol. The largest absolute Gasteiger partial charge is 0.359 e. The van der Waals surface area contributed by atoms with E-state index < -0.39 is 0 Å². The van der Waals surface area contributed by atoms with Crippen molar-refractivity contribution in [1.29, 1.82) is 0 Å². The van der Waals surface area contributed by atoms with Crippen LogP contribution in [0.5, 0.6) is 0 Å². The van der Waals surface area contributed by atoms with Crippen LogP contribution in [0.25, 0.3) is 11.3 Å². The maximum absolute atomic E-state index is 5.68. The molecule has 0 bridgehead atoms. The minimum absolute atomic E-state index is 0.0607. The zero-order valence-electron chi connectivity index (χ0n) is 17.0. The first-order chi connectivity index (χ1) is 14.6. The number of H-pyrrole nitrogens is 1. The summed E-state index contributed by atoms with van der Waals surface area (Å²) in [7, 11) is 0. The zero-order valence-corrected chi connectivity index (χ0v) is 17.0. The van der Waals surface area contributed by atoms with Crippen LogP contribution < -0.4 is 10.2 Å². The molecule has 0 unspecified atom stereocenters. The summed E-state index contributed by atoms with van der Waals surface area (Å²) < 4.78 is 5.68. The van der Waals surface area contributed by atoms with Crippen LogP contribution in [0.2, 0.25) is 0 Å². The lowest BCUT2D eigenvalue weighted by Crippen LogP contribution is -2.42. The minimum atomic E-state index is 0.0607. The quantitative estimate of drug-likeness (QED) is 0.518. The van der Waals surface area contributed by atoms with Gasteiger partial charge in [0, 0.05) is 53.6 Å². The Hall–Kier alpha value is -3.75. The van der Waals surface area contributed by atoms with Gasteiger partial charge in [0.05, 0.1) is 6.04 Å². The molecule has 1 fully saturated rings. The van der Waals surface area contributed by atoms with Crippen LogP contribution in [0.4, 0.5) is 17.6 Å². The third kappa shape index (κ3) is 3.38. The van der Waals surface area contributed by atoms with Crippen LogP contribution in [-0.4, -0.2) is 36.9 Å². The molecule has 0 aliphatic carbocycles. The Morgan fingerprint density at radius 1 is 1.13 bits per heavy atom. The Morgan fingerprint density at radius 3 is 2.77 bits per heavy atom. The van der Waals surface area contributed by atoms with Crippen molar-refractivity contribution in [3.8, 4) is 11.3 Å². The fourth-order valence-corrected chi connectivity index (χ4v) is 3.61. The first kappa shape index (κ1) is 18.3. The van der Waals surface area contributed by atoms with Gasteiger partial charge in [0.25, 0.3) is 0 Å². The van der Waals surface area contributed by atoms with Gasteiger partial charge in [-0.1, -0.05) is 5.16 Å². The van der Waals surface area contributed by atoms with Gasteiger partial charge in [-0.25, -0.2) is 4.98 Å². The number of aromatic nitrogens is 6. The van der Waals surface area contributed by atoms with Crippen molar-refractivity contribution in [2.24, 2.45) is 0 Å². The summed E-state index contributed by atoms with van der Waals surface area (Å²) >= 11 is 0. The maximum atomic E-state index is 5.68. The summed E-state index contributed by atoms with van der Waals surface area (Å²) in [6, 6.07) is 9.79. The Bertz CT molecular complexity index is 1200. The van der Waals surface area contributed by atoms with Crippen molar-refractivity contribution in [1.82, 2.24) is 30.3 Å². The topological polar surface area (TPSA) is 109 Å². The van der Waals surface area contributed by atoms with Gasteiger partial charge in [-0.15, -0.1) is 0 Å². The number of aromatic amines is 1. The first-order valence-electron chi connectivity index (χ1n) is 9.87. The van der Waals surface area contributed by atoms with Gasteiger partial charge in [0.15, 0.2) is 11.6 Å². The molecule has 30 heavy (non-hydrogen) atoms.